The molecule has 0 saturated carbocycles. The van der Waals surface area contributed by atoms with Crippen LogP contribution in [0.2, 0.25) is 5.02 Å². The van der Waals surface area contributed by atoms with Gasteiger partial charge in [-0.2, -0.15) is 11.8 Å². The summed E-state index contributed by atoms with van der Waals surface area (Å²) in [5.41, 5.74) is 6.96. The Hall–Kier alpha value is -0.870. The molecule has 1 aliphatic heterocycles. The molecule has 1 aromatic carbocycles. The van der Waals surface area contributed by atoms with E-state index in [-0.39, 0.29) is 5.91 Å². The van der Waals surface area contributed by atoms with E-state index in [1.807, 2.05) is 11.8 Å². The van der Waals surface area contributed by atoms with Gasteiger partial charge in [-0.1, -0.05) is 11.6 Å². The second kappa shape index (κ2) is 6.34. The average Bonchev–Trinajstić information content (AvgIpc) is 2.34. The monoisotopic (exact) mass is 284 g/mol. The molecule has 0 radical (unpaired) electrons. The minimum Gasteiger partial charge on any atom is -0.397 e. The van der Waals surface area contributed by atoms with Gasteiger partial charge in [-0.3, -0.25) is 4.79 Å². The smallest absolute Gasteiger partial charge is 0.224 e. The van der Waals surface area contributed by atoms with Crippen LogP contribution in [0.3, 0.4) is 0 Å². The zero-order valence-electron chi connectivity index (χ0n) is 10.1. The molecule has 3 nitrogen and oxygen atoms in total. The van der Waals surface area contributed by atoms with Gasteiger partial charge < -0.3 is 11.1 Å². The molecule has 98 valence electrons. The Balaban J connectivity index is 1.90. The van der Waals surface area contributed by atoms with Gasteiger partial charge in [0.1, 0.15) is 0 Å². The Kier molecular flexibility index (Phi) is 4.78. The van der Waals surface area contributed by atoms with E-state index in [9.17, 15) is 4.79 Å². The van der Waals surface area contributed by atoms with Crippen LogP contribution >= 0.6 is 23.4 Å². The van der Waals surface area contributed by atoms with Crippen LogP contribution in [-0.4, -0.2) is 17.4 Å². The third kappa shape index (κ3) is 3.82. The van der Waals surface area contributed by atoms with Crippen LogP contribution in [0.1, 0.15) is 19.3 Å². The number of amides is 1. The first-order valence-electron chi connectivity index (χ1n) is 6.08. The summed E-state index contributed by atoms with van der Waals surface area (Å²) >= 11 is 7.78. The van der Waals surface area contributed by atoms with Gasteiger partial charge in [-0.25, -0.2) is 0 Å². The number of carbonyl (C=O) groups is 1. The molecule has 0 atom stereocenters. The molecule has 0 aromatic heterocycles. The van der Waals surface area contributed by atoms with Crippen molar-refractivity contribution in [2.45, 2.75) is 19.3 Å². The summed E-state index contributed by atoms with van der Waals surface area (Å²) in [6, 6.07) is 5.12. The molecule has 0 aliphatic carbocycles. The normalized spacial score (nSPS) is 16.5. The van der Waals surface area contributed by atoms with Crippen molar-refractivity contribution in [2.75, 3.05) is 22.6 Å². The molecule has 1 heterocycles. The van der Waals surface area contributed by atoms with E-state index in [0.717, 1.165) is 12.8 Å². The fraction of sp³-hybridized carbons (Fsp3) is 0.462. The van der Waals surface area contributed by atoms with Crippen LogP contribution in [0.4, 0.5) is 11.4 Å². The molecule has 3 N–H and O–H groups in total. The number of halogens is 1. The fourth-order valence-corrected chi connectivity index (χ4v) is 3.45. The van der Waals surface area contributed by atoms with E-state index >= 15 is 0 Å². The number of hydrogen-bond acceptors (Lipinski definition) is 3. The molecule has 2 rings (SSSR count). The van der Waals surface area contributed by atoms with Crippen LogP contribution in [0.15, 0.2) is 18.2 Å². The number of carbonyl (C=O) groups excluding carboxylic acids is 1. The van der Waals surface area contributed by atoms with Crippen molar-refractivity contribution >= 4 is 40.6 Å². The Morgan fingerprint density at radius 3 is 2.83 bits per heavy atom. The standard InChI is InChI=1S/C13H17ClN2OS/c14-10-1-2-12(11(15)8-10)16-13(17)7-9-3-5-18-6-4-9/h1-2,8-9H,3-7,15H2,(H,16,17). The Labute approximate surface area is 116 Å². The summed E-state index contributed by atoms with van der Waals surface area (Å²) in [6.45, 7) is 0. The Morgan fingerprint density at radius 2 is 2.17 bits per heavy atom. The van der Waals surface area contributed by atoms with Gasteiger partial charge in [0.15, 0.2) is 0 Å². The lowest BCUT2D eigenvalue weighted by Crippen LogP contribution is -2.20. The number of thioether (sulfide) groups is 1. The molecule has 0 bridgehead atoms. The maximum absolute atomic E-state index is 11.9. The van der Waals surface area contributed by atoms with Gasteiger partial charge in [0.05, 0.1) is 11.4 Å². The van der Waals surface area contributed by atoms with E-state index in [2.05, 4.69) is 5.32 Å². The van der Waals surface area contributed by atoms with Crippen LogP contribution in [-0.2, 0) is 4.79 Å². The highest BCUT2D eigenvalue weighted by Gasteiger charge is 2.17. The number of hydrogen-bond donors (Lipinski definition) is 2. The van der Waals surface area contributed by atoms with Crippen molar-refractivity contribution < 1.29 is 4.79 Å². The molecule has 0 unspecified atom stereocenters. The zero-order valence-corrected chi connectivity index (χ0v) is 11.7. The number of nitrogen functional groups attached to an aromatic ring is 1. The summed E-state index contributed by atoms with van der Waals surface area (Å²) in [7, 11) is 0. The van der Waals surface area contributed by atoms with Gasteiger partial charge in [-0.15, -0.1) is 0 Å². The summed E-state index contributed by atoms with van der Waals surface area (Å²) in [5.74, 6) is 2.89. The van der Waals surface area contributed by atoms with Gasteiger partial charge in [0.25, 0.3) is 0 Å². The summed E-state index contributed by atoms with van der Waals surface area (Å²) < 4.78 is 0. The lowest BCUT2D eigenvalue weighted by molar-refractivity contribution is -0.117. The molecule has 1 aromatic rings. The maximum atomic E-state index is 11.9. The number of anilines is 2. The molecule has 1 fully saturated rings. The van der Waals surface area contributed by atoms with Gasteiger partial charge >= 0.3 is 0 Å². The quantitative estimate of drug-likeness (QED) is 0.837. The van der Waals surface area contributed by atoms with Gasteiger partial charge in [0.2, 0.25) is 5.91 Å². The van der Waals surface area contributed by atoms with E-state index in [0.29, 0.717) is 28.7 Å². The molecule has 18 heavy (non-hydrogen) atoms. The van der Waals surface area contributed by atoms with Crippen LogP contribution in [0.5, 0.6) is 0 Å². The van der Waals surface area contributed by atoms with E-state index in [1.165, 1.54) is 11.5 Å². The first kappa shape index (κ1) is 13.6. The van der Waals surface area contributed by atoms with Gasteiger partial charge in [-0.05, 0) is 48.5 Å². The van der Waals surface area contributed by atoms with Crippen molar-refractivity contribution in [2.24, 2.45) is 5.92 Å². The third-order valence-electron chi connectivity index (χ3n) is 3.10. The molecular formula is C13H17ClN2OS. The predicted octanol–water partition coefficient (Wildman–Crippen LogP) is 3.39. The van der Waals surface area contributed by atoms with Gasteiger partial charge in [0, 0.05) is 11.4 Å². The number of rotatable bonds is 3. The van der Waals surface area contributed by atoms with Crippen molar-refractivity contribution in [3.05, 3.63) is 23.2 Å². The molecule has 1 saturated heterocycles. The third-order valence-corrected chi connectivity index (χ3v) is 4.39. The summed E-state index contributed by atoms with van der Waals surface area (Å²) in [6.07, 6.45) is 2.85. The Bertz CT molecular complexity index is 433. The first-order chi connectivity index (χ1) is 8.65. The van der Waals surface area contributed by atoms with Crippen LogP contribution in [0.25, 0.3) is 0 Å². The SMILES string of the molecule is Nc1cc(Cl)ccc1NC(=O)CC1CCSCC1. The second-order valence-electron chi connectivity index (χ2n) is 4.54. The minimum atomic E-state index is 0.0425. The average molecular weight is 285 g/mol. The van der Waals surface area contributed by atoms with Crippen LogP contribution < -0.4 is 11.1 Å². The zero-order chi connectivity index (χ0) is 13.0. The lowest BCUT2D eigenvalue weighted by atomic mass is 9.98. The molecule has 1 amide bonds. The van der Waals surface area contributed by atoms with Crippen LogP contribution in [0, 0.1) is 5.92 Å². The lowest BCUT2D eigenvalue weighted by Gasteiger charge is -2.20. The van der Waals surface area contributed by atoms with Crippen molar-refractivity contribution in [3.8, 4) is 0 Å². The first-order valence-corrected chi connectivity index (χ1v) is 7.61. The molecule has 1 aliphatic rings. The predicted molar refractivity (Wildman–Crippen MR) is 79.2 cm³/mol. The van der Waals surface area contributed by atoms with E-state index in [1.54, 1.807) is 18.2 Å². The highest BCUT2D eigenvalue weighted by Crippen LogP contribution is 2.27. The maximum Gasteiger partial charge on any atom is 0.224 e. The number of benzene rings is 1. The molecular weight excluding hydrogens is 268 g/mol. The van der Waals surface area contributed by atoms with Crippen molar-refractivity contribution in [1.82, 2.24) is 0 Å². The summed E-state index contributed by atoms with van der Waals surface area (Å²) in [4.78, 5) is 11.9. The largest absolute Gasteiger partial charge is 0.397 e. The highest BCUT2D eigenvalue weighted by atomic mass is 35.5. The molecule has 0 spiro atoms. The minimum absolute atomic E-state index is 0.0425. The second-order valence-corrected chi connectivity index (χ2v) is 6.20. The van der Waals surface area contributed by atoms with E-state index in [4.69, 9.17) is 17.3 Å². The Morgan fingerprint density at radius 1 is 1.44 bits per heavy atom. The summed E-state index contributed by atoms with van der Waals surface area (Å²) in [5, 5.41) is 3.43. The highest BCUT2D eigenvalue weighted by molar-refractivity contribution is 7.99. The number of nitrogens with one attached hydrogen (secondary N) is 1. The fourth-order valence-electron chi connectivity index (χ4n) is 2.06. The van der Waals surface area contributed by atoms with E-state index < -0.39 is 0 Å². The number of nitrogens with two attached hydrogens (primary N) is 1. The van der Waals surface area contributed by atoms with Crippen molar-refractivity contribution in [3.63, 3.8) is 0 Å². The topological polar surface area (TPSA) is 55.1 Å². The molecule has 5 heteroatoms. The van der Waals surface area contributed by atoms with Crippen molar-refractivity contribution in [1.29, 1.82) is 0 Å².